The minimum atomic E-state index is -1.56. The van der Waals surface area contributed by atoms with E-state index in [2.05, 4.69) is 39.9 Å². The number of nitrogens with one attached hydrogen (secondary N) is 1. The van der Waals surface area contributed by atoms with Gasteiger partial charge in [0.15, 0.2) is 0 Å². The van der Waals surface area contributed by atoms with Gasteiger partial charge in [0.05, 0.1) is 12.8 Å². The number of hydrogen-bond donors (Lipinski definition) is 3. The predicted octanol–water partition coefficient (Wildman–Crippen LogP) is 7.47. The van der Waals surface area contributed by atoms with Crippen LogP contribution in [0.25, 0.3) is 0 Å². The van der Waals surface area contributed by atoms with Gasteiger partial charge in [-0.3, -0.25) is 14.4 Å². The number of esters is 1. The van der Waals surface area contributed by atoms with Crippen molar-refractivity contribution in [1.82, 2.24) is 5.32 Å². The number of fused-ring (bicyclic) bond motifs is 1. The van der Waals surface area contributed by atoms with Crippen molar-refractivity contribution >= 4 is 23.8 Å². The van der Waals surface area contributed by atoms with Crippen LogP contribution in [0.5, 0.6) is 11.5 Å². The Balaban J connectivity index is 1.93. The van der Waals surface area contributed by atoms with Crippen molar-refractivity contribution in [3.8, 4) is 11.5 Å². The summed E-state index contributed by atoms with van der Waals surface area (Å²) in [5.41, 5.74) is 3.36. The van der Waals surface area contributed by atoms with Gasteiger partial charge >= 0.3 is 17.9 Å². The highest BCUT2D eigenvalue weighted by molar-refractivity contribution is 5.88. The van der Waals surface area contributed by atoms with Crippen LogP contribution in [0.15, 0.2) is 0 Å². The van der Waals surface area contributed by atoms with Crippen molar-refractivity contribution in [3.05, 3.63) is 22.3 Å². The summed E-state index contributed by atoms with van der Waals surface area (Å²) >= 11 is 0. The minimum absolute atomic E-state index is 0.255. The maximum absolute atomic E-state index is 12.7. The van der Waals surface area contributed by atoms with E-state index in [-0.39, 0.29) is 18.4 Å². The fraction of sp³-hybridized carbons (Fsp3) is 0.722. The van der Waals surface area contributed by atoms with Gasteiger partial charge in [-0.15, -0.1) is 0 Å². The molecule has 4 atom stereocenters. The fourth-order valence-electron chi connectivity index (χ4n) is 6.16. The van der Waals surface area contributed by atoms with Gasteiger partial charge in [0.25, 0.3) is 0 Å². The van der Waals surface area contributed by atoms with E-state index in [0.717, 1.165) is 65.5 Å². The zero-order valence-electron chi connectivity index (χ0n) is 28.8. The smallest absolute Gasteiger partial charge is 0.326 e. The number of aliphatic carboxylic acids is 2. The molecule has 0 bridgehead atoms. The van der Waals surface area contributed by atoms with Gasteiger partial charge in [0, 0.05) is 12.0 Å². The first-order valence-corrected chi connectivity index (χ1v) is 16.8. The van der Waals surface area contributed by atoms with E-state index >= 15 is 0 Å². The normalized spacial score (nSPS) is 18.0. The Morgan fingerprint density at radius 2 is 1.47 bits per heavy atom. The standard InChI is InChI=1S/C36H57NO8/c1-22(2)11-9-12-23(3)13-10-14-24(4)17-19-36(8)20-18-28-27(7)33(25(5)26(6)34(28)45-36)44-32(41)16-15-30(38)37-29(35(42)43)21-31(39)40/h22-24,29H,9-21H2,1-8H3,(H,37,38)(H,39,40)(H,42,43)/t23-,24-,29?,36-/m0/s1. The van der Waals surface area contributed by atoms with Gasteiger partial charge < -0.3 is 25.0 Å². The van der Waals surface area contributed by atoms with E-state index in [1.54, 1.807) is 0 Å². The number of carboxylic acid groups (broad SMARTS) is 2. The molecule has 0 radical (unpaired) electrons. The topological polar surface area (TPSA) is 139 Å². The molecule has 3 N–H and O–H groups in total. The maximum Gasteiger partial charge on any atom is 0.326 e. The number of carboxylic acids is 2. The number of carbonyl (C=O) groups is 4. The quantitative estimate of drug-likeness (QED) is 0.106. The molecule has 0 fully saturated rings. The molecule has 1 aliphatic heterocycles. The monoisotopic (exact) mass is 631 g/mol. The second-order valence-electron chi connectivity index (χ2n) is 14.1. The number of carbonyl (C=O) groups excluding carboxylic acids is 2. The molecule has 0 aliphatic carbocycles. The van der Waals surface area contributed by atoms with Crippen LogP contribution >= 0.6 is 0 Å². The number of rotatable bonds is 19. The maximum atomic E-state index is 12.7. The van der Waals surface area contributed by atoms with Gasteiger partial charge in [0.2, 0.25) is 5.91 Å². The Kier molecular flexibility index (Phi) is 14.9. The molecule has 2 rings (SSSR count). The van der Waals surface area contributed by atoms with Crippen LogP contribution in [-0.4, -0.2) is 45.7 Å². The lowest BCUT2D eigenvalue weighted by Crippen LogP contribution is -2.42. The van der Waals surface area contributed by atoms with Crippen LogP contribution in [-0.2, 0) is 25.6 Å². The lowest BCUT2D eigenvalue weighted by atomic mass is 9.83. The Morgan fingerprint density at radius 3 is 2.04 bits per heavy atom. The molecule has 1 unspecified atom stereocenters. The summed E-state index contributed by atoms with van der Waals surface area (Å²) in [4.78, 5) is 46.9. The molecule has 0 saturated heterocycles. The number of ether oxygens (including phenoxy) is 2. The minimum Gasteiger partial charge on any atom is -0.487 e. The predicted molar refractivity (Wildman–Crippen MR) is 175 cm³/mol. The zero-order valence-corrected chi connectivity index (χ0v) is 28.8. The molecule has 1 aromatic rings. The van der Waals surface area contributed by atoms with Crippen LogP contribution in [0.3, 0.4) is 0 Å². The summed E-state index contributed by atoms with van der Waals surface area (Å²) in [6, 6.07) is -1.56. The zero-order chi connectivity index (χ0) is 33.9. The van der Waals surface area contributed by atoms with Gasteiger partial charge in [-0.05, 0) is 87.8 Å². The molecule has 1 aliphatic rings. The molecule has 45 heavy (non-hydrogen) atoms. The summed E-state index contributed by atoms with van der Waals surface area (Å²) in [6.45, 7) is 17.3. The number of hydrogen-bond acceptors (Lipinski definition) is 6. The van der Waals surface area contributed by atoms with E-state index < -0.39 is 36.3 Å². The molecule has 254 valence electrons. The van der Waals surface area contributed by atoms with Crippen LogP contribution in [0.2, 0.25) is 0 Å². The third kappa shape index (κ3) is 12.3. The van der Waals surface area contributed by atoms with E-state index in [9.17, 15) is 19.2 Å². The summed E-state index contributed by atoms with van der Waals surface area (Å²) in [6.07, 6.45) is 10.3. The molecule has 9 nitrogen and oxygen atoms in total. The summed E-state index contributed by atoms with van der Waals surface area (Å²) in [5, 5.41) is 20.1. The van der Waals surface area contributed by atoms with Crippen molar-refractivity contribution in [2.75, 3.05) is 0 Å². The largest absolute Gasteiger partial charge is 0.487 e. The molecule has 0 spiro atoms. The Labute approximate surface area is 269 Å². The lowest BCUT2D eigenvalue weighted by molar-refractivity contribution is -0.147. The lowest BCUT2D eigenvalue weighted by Gasteiger charge is -2.39. The molecule has 1 aromatic carbocycles. The highest BCUT2D eigenvalue weighted by atomic mass is 16.5. The Bertz CT molecular complexity index is 1190. The number of benzene rings is 1. The number of amides is 1. The van der Waals surface area contributed by atoms with E-state index in [0.29, 0.717) is 11.7 Å². The summed E-state index contributed by atoms with van der Waals surface area (Å²) < 4.78 is 12.4. The van der Waals surface area contributed by atoms with Crippen molar-refractivity contribution in [3.63, 3.8) is 0 Å². The summed E-state index contributed by atoms with van der Waals surface area (Å²) in [7, 11) is 0. The van der Waals surface area contributed by atoms with Crippen LogP contribution in [0.4, 0.5) is 0 Å². The second kappa shape index (κ2) is 17.6. The molecular formula is C36H57NO8. The highest BCUT2D eigenvalue weighted by Crippen LogP contribution is 2.45. The third-order valence-corrected chi connectivity index (χ3v) is 9.39. The molecule has 9 heteroatoms. The van der Waals surface area contributed by atoms with Crippen molar-refractivity contribution in [1.29, 1.82) is 0 Å². The van der Waals surface area contributed by atoms with Crippen LogP contribution < -0.4 is 14.8 Å². The molecular weight excluding hydrogens is 574 g/mol. The van der Waals surface area contributed by atoms with Crippen molar-refractivity contribution in [2.45, 2.75) is 151 Å². The van der Waals surface area contributed by atoms with E-state index in [1.807, 2.05) is 20.8 Å². The summed E-state index contributed by atoms with van der Waals surface area (Å²) in [5.74, 6) is -0.585. The van der Waals surface area contributed by atoms with Gasteiger partial charge in [-0.2, -0.15) is 0 Å². The third-order valence-electron chi connectivity index (χ3n) is 9.39. The van der Waals surface area contributed by atoms with E-state index in [1.165, 1.54) is 38.5 Å². The van der Waals surface area contributed by atoms with Crippen LogP contribution in [0, 0.1) is 38.5 Å². The highest BCUT2D eigenvalue weighted by Gasteiger charge is 2.35. The SMILES string of the molecule is Cc1c(C)c2c(c(C)c1OC(=O)CCC(=O)NC(CC(=O)O)C(=O)O)CC[C@](C)(CC[C@@H](C)CCC[C@@H](C)CCCC(C)C)O2. The first-order valence-electron chi connectivity index (χ1n) is 16.8. The first-order chi connectivity index (χ1) is 21.0. The van der Waals surface area contributed by atoms with E-state index in [4.69, 9.17) is 19.7 Å². The average Bonchev–Trinajstić information content (AvgIpc) is 2.95. The molecule has 0 aromatic heterocycles. The van der Waals surface area contributed by atoms with Gasteiger partial charge in [0.1, 0.15) is 23.1 Å². The first kappa shape index (κ1) is 38.1. The molecule has 1 heterocycles. The second-order valence-corrected chi connectivity index (χ2v) is 14.1. The molecule has 0 saturated carbocycles. The Hall–Kier alpha value is -3.10. The fourth-order valence-corrected chi connectivity index (χ4v) is 6.16. The average molecular weight is 632 g/mol. The van der Waals surface area contributed by atoms with Crippen molar-refractivity contribution in [2.24, 2.45) is 17.8 Å². The Morgan fingerprint density at radius 1 is 0.867 bits per heavy atom. The molecule has 1 amide bonds. The van der Waals surface area contributed by atoms with Gasteiger partial charge in [-0.1, -0.05) is 66.2 Å². The van der Waals surface area contributed by atoms with Crippen LogP contribution in [0.1, 0.15) is 134 Å². The van der Waals surface area contributed by atoms with Crippen molar-refractivity contribution < 1.29 is 38.9 Å². The van der Waals surface area contributed by atoms with Gasteiger partial charge in [-0.25, -0.2) is 4.79 Å².